The molecule has 10 heteroatoms. The molecule has 0 saturated carbocycles. The van der Waals surface area contributed by atoms with Crippen LogP contribution in [0.5, 0.6) is 0 Å². The number of rotatable bonds is 6. The predicted molar refractivity (Wildman–Crippen MR) is 127 cm³/mol. The summed E-state index contributed by atoms with van der Waals surface area (Å²) < 4.78 is 20.4. The Hall–Kier alpha value is -4.08. The lowest BCUT2D eigenvalue weighted by Crippen LogP contribution is -2.33. The molecule has 0 radical (unpaired) electrons. The zero-order valence-electron chi connectivity index (χ0n) is 19.2. The van der Waals surface area contributed by atoms with Crippen LogP contribution in [0.3, 0.4) is 0 Å². The van der Waals surface area contributed by atoms with Crippen LogP contribution >= 0.6 is 0 Å². The molecule has 1 aromatic carbocycles. The Kier molecular flexibility index (Phi) is 6.26. The molecule has 1 aliphatic heterocycles. The van der Waals surface area contributed by atoms with Crippen molar-refractivity contribution in [3.05, 3.63) is 66.1 Å². The first-order valence-corrected chi connectivity index (χ1v) is 11.5. The molecule has 180 valence electrons. The third-order valence-corrected chi connectivity index (χ3v) is 6.21. The molecule has 3 aromatic rings. The molecule has 9 nitrogen and oxygen atoms in total. The van der Waals surface area contributed by atoms with Gasteiger partial charge in [0.15, 0.2) is 0 Å². The lowest BCUT2D eigenvalue weighted by Gasteiger charge is -2.25. The Balaban J connectivity index is 1.28. The number of halogens is 1. The SMILES string of the molecule is CC(=O)NCC1CN(c2ccc(-c3cnc4c(c3)CCC(Nc3cnccn3)C4)c(F)c2)C(=O)O1. The molecule has 1 saturated heterocycles. The minimum Gasteiger partial charge on any atom is -0.442 e. The molecular formula is C25H25FN6O3. The van der Waals surface area contributed by atoms with Crippen molar-refractivity contribution in [1.82, 2.24) is 20.3 Å². The van der Waals surface area contributed by atoms with Crippen molar-refractivity contribution in [2.45, 2.75) is 38.3 Å². The predicted octanol–water partition coefficient (Wildman–Crippen LogP) is 3.11. The number of cyclic esters (lactones) is 1. The van der Waals surface area contributed by atoms with Crippen LogP contribution < -0.4 is 15.5 Å². The van der Waals surface area contributed by atoms with Crippen LogP contribution in [0.2, 0.25) is 0 Å². The number of hydrogen-bond acceptors (Lipinski definition) is 7. The Morgan fingerprint density at radius 1 is 1.23 bits per heavy atom. The molecule has 2 aromatic heterocycles. The van der Waals surface area contributed by atoms with Gasteiger partial charge >= 0.3 is 6.09 Å². The number of aryl methyl sites for hydroxylation is 1. The van der Waals surface area contributed by atoms with E-state index >= 15 is 4.39 Å². The molecule has 2 N–H and O–H groups in total. The van der Waals surface area contributed by atoms with Crippen molar-refractivity contribution < 1.29 is 18.7 Å². The highest BCUT2D eigenvalue weighted by molar-refractivity contribution is 5.90. The lowest BCUT2D eigenvalue weighted by atomic mass is 9.90. The van der Waals surface area contributed by atoms with E-state index in [-0.39, 0.29) is 25.0 Å². The summed E-state index contributed by atoms with van der Waals surface area (Å²) >= 11 is 0. The molecule has 35 heavy (non-hydrogen) atoms. The maximum atomic E-state index is 15.1. The average molecular weight is 477 g/mol. The topological polar surface area (TPSA) is 109 Å². The summed E-state index contributed by atoms with van der Waals surface area (Å²) in [5, 5.41) is 6.02. The first kappa shape index (κ1) is 22.7. The Bertz CT molecular complexity index is 1260. The Morgan fingerprint density at radius 3 is 2.89 bits per heavy atom. The smallest absolute Gasteiger partial charge is 0.414 e. The zero-order chi connectivity index (χ0) is 24.4. The summed E-state index contributed by atoms with van der Waals surface area (Å²) in [6.07, 6.45) is 8.12. The number of nitrogens with one attached hydrogen (secondary N) is 2. The van der Waals surface area contributed by atoms with Crippen LogP contribution in [-0.2, 0) is 22.4 Å². The fourth-order valence-electron chi connectivity index (χ4n) is 4.46. The first-order chi connectivity index (χ1) is 17.0. The average Bonchev–Trinajstić information content (AvgIpc) is 3.23. The van der Waals surface area contributed by atoms with Gasteiger partial charge in [-0.2, -0.15) is 0 Å². The van der Waals surface area contributed by atoms with Gasteiger partial charge in [-0.15, -0.1) is 0 Å². The molecule has 0 bridgehead atoms. The van der Waals surface area contributed by atoms with E-state index in [1.165, 1.54) is 17.9 Å². The van der Waals surface area contributed by atoms with Gasteiger partial charge in [0.25, 0.3) is 0 Å². The van der Waals surface area contributed by atoms with Gasteiger partial charge in [0.2, 0.25) is 5.91 Å². The summed E-state index contributed by atoms with van der Waals surface area (Å²) in [5.74, 6) is 0.0919. The molecule has 1 fully saturated rings. The van der Waals surface area contributed by atoms with Crippen molar-refractivity contribution in [2.24, 2.45) is 0 Å². The molecule has 2 atom stereocenters. The van der Waals surface area contributed by atoms with Crippen molar-refractivity contribution in [3.63, 3.8) is 0 Å². The van der Waals surface area contributed by atoms with E-state index in [4.69, 9.17) is 4.74 Å². The fourth-order valence-corrected chi connectivity index (χ4v) is 4.46. The number of carbonyl (C=O) groups excluding carboxylic acids is 2. The molecule has 0 spiro atoms. The number of hydrogen-bond donors (Lipinski definition) is 2. The van der Waals surface area contributed by atoms with E-state index in [0.717, 1.165) is 36.3 Å². The quantitative estimate of drug-likeness (QED) is 0.563. The van der Waals surface area contributed by atoms with Crippen molar-refractivity contribution in [3.8, 4) is 11.1 Å². The number of benzene rings is 1. The molecule has 3 heterocycles. The van der Waals surface area contributed by atoms with Gasteiger partial charge in [0.1, 0.15) is 17.7 Å². The standard InChI is InChI=1S/C25H25FN6O3/c1-15(33)29-12-20-14-32(25(34)35-20)19-4-5-21(22(26)10-19)17-8-16-2-3-18(9-23(16)30-11-17)31-24-13-27-6-7-28-24/h4-8,10-11,13,18,20H,2-3,9,12,14H2,1H3,(H,28,31)(H,29,33). The summed E-state index contributed by atoms with van der Waals surface area (Å²) in [6, 6.07) is 6.89. The molecule has 1 aliphatic carbocycles. The number of carbonyl (C=O) groups is 2. The third kappa shape index (κ3) is 5.06. The Labute approximate surface area is 201 Å². The maximum absolute atomic E-state index is 15.1. The maximum Gasteiger partial charge on any atom is 0.414 e. The summed E-state index contributed by atoms with van der Waals surface area (Å²) in [5.41, 5.74) is 3.62. The largest absolute Gasteiger partial charge is 0.442 e. The molecule has 5 rings (SSSR count). The van der Waals surface area contributed by atoms with Crippen LogP contribution in [0, 0.1) is 5.82 Å². The number of pyridine rings is 1. The highest BCUT2D eigenvalue weighted by Crippen LogP contribution is 2.31. The van der Waals surface area contributed by atoms with Crippen LogP contribution in [0.25, 0.3) is 11.1 Å². The van der Waals surface area contributed by atoms with Crippen LogP contribution in [-0.4, -0.2) is 52.2 Å². The first-order valence-electron chi connectivity index (χ1n) is 11.5. The normalized spacial score (nSPS) is 19.1. The molecule has 2 aliphatic rings. The number of nitrogens with zero attached hydrogens (tertiary/aromatic N) is 4. The number of fused-ring (bicyclic) bond motifs is 1. The number of aromatic nitrogens is 3. The zero-order valence-corrected chi connectivity index (χ0v) is 19.2. The highest BCUT2D eigenvalue weighted by atomic mass is 19.1. The molecule has 2 unspecified atom stereocenters. The van der Waals surface area contributed by atoms with Gasteiger partial charge in [-0.1, -0.05) is 0 Å². The van der Waals surface area contributed by atoms with E-state index in [1.807, 2.05) is 6.07 Å². The van der Waals surface area contributed by atoms with E-state index in [1.54, 1.807) is 36.9 Å². The van der Waals surface area contributed by atoms with E-state index in [9.17, 15) is 9.59 Å². The van der Waals surface area contributed by atoms with Crippen molar-refractivity contribution in [2.75, 3.05) is 23.3 Å². The lowest BCUT2D eigenvalue weighted by molar-refractivity contribution is -0.119. The van der Waals surface area contributed by atoms with Gasteiger partial charge in [0.05, 0.1) is 25.0 Å². The second-order valence-corrected chi connectivity index (χ2v) is 8.72. The van der Waals surface area contributed by atoms with Crippen LogP contribution in [0.4, 0.5) is 20.7 Å². The fraction of sp³-hybridized carbons (Fsp3) is 0.320. The summed E-state index contributed by atoms with van der Waals surface area (Å²) in [6.45, 7) is 1.85. The number of ether oxygens (including phenoxy) is 1. The number of anilines is 2. The van der Waals surface area contributed by atoms with E-state index in [2.05, 4.69) is 25.6 Å². The third-order valence-electron chi connectivity index (χ3n) is 6.21. The minimum atomic E-state index is -0.562. The van der Waals surface area contributed by atoms with Crippen molar-refractivity contribution in [1.29, 1.82) is 0 Å². The second-order valence-electron chi connectivity index (χ2n) is 8.72. The second kappa shape index (κ2) is 9.65. The van der Waals surface area contributed by atoms with Gasteiger partial charge < -0.3 is 15.4 Å². The van der Waals surface area contributed by atoms with Crippen molar-refractivity contribution >= 4 is 23.5 Å². The number of amides is 2. The van der Waals surface area contributed by atoms with E-state index < -0.39 is 18.0 Å². The van der Waals surface area contributed by atoms with Crippen LogP contribution in [0.15, 0.2) is 49.1 Å². The Morgan fingerprint density at radius 2 is 2.11 bits per heavy atom. The highest BCUT2D eigenvalue weighted by Gasteiger charge is 2.32. The van der Waals surface area contributed by atoms with E-state index in [0.29, 0.717) is 16.8 Å². The monoisotopic (exact) mass is 476 g/mol. The minimum absolute atomic E-state index is 0.203. The van der Waals surface area contributed by atoms with Gasteiger partial charge in [-0.25, -0.2) is 14.2 Å². The van der Waals surface area contributed by atoms with Gasteiger partial charge in [-0.3, -0.25) is 19.7 Å². The molecule has 2 amide bonds. The summed E-state index contributed by atoms with van der Waals surface area (Å²) in [7, 11) is 0. The molecular weight excluding hydrogens is 451 g/mol. The van der Waals surface area contributed by atoms with Gasteiger partial charge in [0, 0.05) is 54.8 Å². The summed E-state index contributed by atoms with van der Waals surface area (Å²) in [4.78, 5) is 37.7. The van der Waals surface area contributed by atoms with Gasteiger partial charge in [-0.05, 0) is 42.7 Å². The van der Waals surface area contributed by atoms with Crippen LogP contribution in [0.1, 0.15) is 24.6 Å².